The number of hydrogen-bond acceptors (Lipinski definition) is 10. The number of piperidine rings is 1. The van der Waals surface area contributed by atoms with Crippen LogP contribution in [0.1, 0.15) is 81.6 Å². The van der Waals surface area contributed by atoms with Crippen LogP contribution in [0.25, 0.3) is 11.1 Å². The summed E-state index contributed by atoms with van der Waals surface area (Å²) < 4.78 is 17.9. The minimum absolute atomic E-state index is 0.165. The summed E-state index contributed by atoms with van der Waals surface area (Å²) in [4.78, 5) is 34.7. The van der Waals surface area contributed by atoms with E-state index in [9.17, 15) is 9.90 Å². The van der Waals surface area contributed by atoms with Crippen molar-refractivity contribution < 1.29 is 24.1 Å². The van der Waals surface area contributed by atoms with Gasteiger partial charge in [0, 0.05) is 54.9 Å². The molecular weight excluding hydrogens is 632 g/mol. The van der Waals surface area contributed by atoms with Crippen molar-refractivity contribution in [2.75, 3.05) is 60.8 Å². The molecule has 0 spiro atoms. The van der Waals surface area contributed by atoms with E-state index in [1.54, 1.807) is 0 Å². The summed E-state index contributed by atoms with van der Waals surface area (Å²) in [5.41, 5.74) is 7.35. The highest BCUT2D eigenvalue weighted by Crippen LogP contribution is 2.45. The third-order valence-electron chi connectivity index (χ3n) is 10.7. The van der Waals surface area contributed by atoms with Crippen molar-refractivity contribution in [1.29, 1.82) is 0 Å². The molecule has 0 saturated carbocycles. The summed E-state index contributed by atoms with van der Waals surface area (Å²) in [6.07, 6.45) is 3.61. The molecule has 11 nitrogen and oxygen atoms in total. The molecule has 0 radical (unpaired) electrons. The molecule has 2 bridgehead atoms. The Labute approximate surface area is 296 Å². The quantitative estimate of drug-likeness (QED) is 0.322. The third-order valence-corrected chi connectivity index (χ3v) is 10.7. The molecule has 4 aliphatic heterocycles. The van der Waals surface area contributed by atoms with Gasteiger partial charge in [-0.15, -0.1) is 0 Å². The Kier molecular flexibility index (Phi) is 9.28. The number of morpholine rings is 2. The highest BCUT2D eigenvalue weighted by atomic mass is 16.5. The number of aromatic nitrogens is 3. The minimum Gasteiger partial charge on any atom is -0.479 e. The summed E-state index contributed by atoms with van der Waals surface area (Å²) in [6, 6.07) is 9.01. The van der Waals surface area contributed by atoms with E-state index in [2.05, 4.69) is 46.7 Å². The average molecular weight is 685 g/mol. The second-order valence-corrected chi connectivity index (χ2v) is 16.2. The van der Waals surface area contributed by atoms with E-state index < -0.39 is 17.7 Å². The zero-order chi connectivity index (χ0) is 35.4. The number of rotatable bonds is 7. The number of anilines is 3. The van der Waals surface area contributed by atoms with Crippen molar-refractivity contribution >= 4 is 23.4 Å². The lowest BCUT2D eigenvalue weighted by molar-refractivity contribution is -0.160. The second-order valence-electron chi connectivity index (χ2n) is 16.2. The first-order valence-electron chi connectivity index (χ1n) is 18.1. The molecule has 1 aromatic carbocycles. The zero-order valence-corrected chi connectivity index (χ0v) is 30.7. The molecule has 3 saturated heterocycles. The molecule has 268 valence electrons. The summed E-state index contributed by atoms with van der Waals surface area (Å²) in [5.74, 6) is 0.666. The summed E-state index contributed by atoms with van der Waals surface area (Å²) in [6.45, 7) is 20.1. The largest absolute Gasteiger partial charge is 0.479 e. The fraction of sp³-hybridized carbons (Fsp3) is 0.590. The fourth-order valence-corrected chi connectivity index (χ4v) is 8.04. The molecule has 1 N–H and O–H groups in total. The summed E-state index contributed by atoms with van der Waals surface area (Å²) in [7, 11) is 0. The van der Waals surface area contributed by atoms with Crippen LogP contribution >= 0.6 is 0 Å². The van der Waals surface area contributed by atoms with Crippen LogP contribution < -0.4 is 14.7 Å². The van der Waals surface area contributed by atoms with Gasteiger partial charge in [0.2, 0.25) is 5.95 Å². The standard InChI is InChI=1S/C39H52N6O5/c1-24-32(34(43-16-12-39(6,7)13-17-43)33(25(2)41-24)35(36(46)47)50-38(3,4)5)27-8-9-28-19-44(15-11-26(28)18-27)37-40-14-10-31(42-37)45-29-20-48-22-30(45)23-49-21-29/h8-10,14,18,29-30,35H,11-13,15-17,19-23H2,1-7H3,(H,46,47)/t29?,30?,35-/m0/s1. The molecule has 4 aliphatic rings. The van der Waals surface area contributed by atoms with Gasteiger partial charge in [0.15, 0.2) is 6.10 Å². The van der Waals surface area contributed by atoms with Gasteiger partial charge < -0.3 is 34.0 Å². The van der Waals surface area contributed by atoms with E-state index in [0.29, 0.717) is 44.2 Å². The molecule has 11 heteroatoms. The maximum atomic E-state index is 12.9. The molecule has 2 aromatic heterocycles. The molecule has 3 aromatic rings. The van der Waals surface area contributed by atoms with E-state index in [1.165, 1.54) is 11.1 Å². The van der Waals surface area contributed by atoms with Crippen LogP contribution in [0.5, 0.6) is 0 Å². The summed E-state index contributed by atoms with van der Waals surface area (Å²) >= 11 is 0. The number of nitrogens with zero attached hydrogens (tertiary/aromatic N) is 6. The number of fused-ring (bicyclic) bond motifs is 3. The second kappa shape index (κ2) is 13.4. The number of carboxylic acid groups (broad SMARTS) is 1. The molecule has 50 heavy (non-hydrogen) atoms. The van der Waals surface area contributed by atoms with Gasteiger partial charge in [0.1, 0.15) is 5.82 Å². The Balaban J connectivity index is 1.23. The smallest absolute Gasteiger partial charge is 0.337 e. The first-order valence-corrected chi connectivity index (χ1v) is 18.1. The molecule has 0 aliphatic carbocycles. The lowest BCUT2D eigenvalue weighted by atomic mass is 9.81. The van der Waals surface area contributed by atoms with Crippen LogP contribution in [0.3, 0.4) is 0 Å². The number of aryl methyl sites for hydroxylation is 2. The molecule has 0 unspecified atom stereocenters. The Bertz CT molecular complexity index is 1720. The van der Waals surface area contributed by atoms with Crippen LogP contribution in [0, 0.1) is 19.3 Å². The van der Waals surface area contributed by atoms with Crippen LogP contribution in [0.15, 0.2) is 30.5 Å². The van der Waals surface area contributed by atoms with Crippen molar-refractivity contribution in [2.45, 2.75) is 98.1 Å². The average Bonchev–Trinajstić information content (AvgIpc) is 3.06. The monoisotopic (exact) mass is 684 g/mol. The van der Waals surface area contributed by atoms with Crippen LogP contribution in [0.4, 0.5) is 17.5 Å². The minimum atomic E-state index is -1.14. The SMILES string of the molecule is Cc1nc(C)c([C@H](OC(C)(C)C)C(=O)O)c(N2CCC(C)(C)CC2)c1-c1ccc2c(c1)CCN(c1nccc(N3C4COCC3COC4)n1)C2. The van der Waals surface area contributed by atoms with Crippen molar-refractivity contribution in [2.24, 2.45) is 5.41 Å². The predicted octanol–water partition coefficient (Wildman–Crippen LogP) is 5.89. The molecular formula is C39H52N6O5. The third kappa shape index (κ3) is 6.92. The highest BCUT2D eigenvalue weighted by molar-refractivity contribution is 5.88. The van der Waals surface area contributed by atoms with E-state index in [0.717, 1.165) is 73.2 Å². The van der Waals surface area contributed by atoms with Crippen LogP contribution in [0.2, 0.25) is 0 Å². The number of hydrogen-bond donors (Lipinski definition) is 1. The topological polar surface area (TPSA) is 113 Å². The number of benzene rings is 1. The zero-order valence-electron chi connectivity index (χ0n) is 30.7. The Hall–Kier alpha value is -3.80. The normalized spacial score (nSPS) is 22.7. The van der Waals surface area contributed by atoms with Gasteiger partial charge in [-0.25, -0.2) is 9.78 Å². The number of aliphatic carboxylic acids is 1. The fourth-order valence-electron chi connectivity index (χ4n) is 8.04. The maximum Gasteiger partial charge on any atom is 0.337 e. The van der Waals surface area contributed by atoms with Gasteiger partial charge in [0.25, 0.3) is 0 Å². The van der Waals surface area contributed by atoms with E-state index in [-0.39, 0.29) is 17.5 Å². The van der Waals surface area contributed by atoms with Crippen molar-refractivity contribution in [3.63, 3.8) is 0 Å². The lowest BCUT2D eigenvalue weighted by Crippen LogP contribution is -2.60. The Morgan fingerprint density at radius 2 is 1.62 bits per heavy atom. The van der Waals surface area contributed by atoms with Gasteiger partial charge in [-0.05, 0) is 82.1 Å². The van der Waals surface area contributed by atoms with Crippen molar-refractivity contribution in [1.82, 2.24) is 15.0 Å². The Morgan fingerprint density at radius 3 is 2.26 bits per heavy atom. The predicted molar refractivity (Wildman–Crippen MR) is 194 cm³/mol. The van der Waals surface area contributed by atoms with Crippen molar-refractivity contribution in [3.8, 4) is 11.1 Å². The van der Waals surface area contributed by atoms with Gasteiger partial charge in [-0.2, -0.15) is 4.98 Å². The van der Waals surface area contributed by atoms with Gasteiger partial charge in [-0.1, -0.05) is 32.0 Å². The molecule has 3 fully saturated rings. The highest BCUT2D eigenvalue weighted by Gasteiger charge is 2.38. The first-order chi connectivity index (χ1) is 23.8. The summed E-state index contributed by atoms with van der Waals surface area (Å²) in [5, 5.41) is 10.6. The number of ether oxygens (including phenoxy) is 3. The van der Waals surface area contributed by atoms with Crippen LogP contribution in [-0.2, 0) is 32.0 Å². The maximum absolute atomic E-state index is 12.9. The van der Waals surface area contributed by atoms with Gasteiger partial charge in [-0.3, -0.25) is 4.98 Å². The van der Waals surface area contributed by atoms with Crippen LogP contribution in [-0.4, -0.2) is 89.8 Å². The molecule has 0 amide bonds. The molecule has 6 heterocycles. The number of carbonyl (C=O) groups is 1. The first kappa shape index (κ1) is 34.6. The van der Waals surface area contributed by atoms with Gasteiger partial charge in [0.05, 0.1) is 49.8 Å². The Morgan fingerprint density at radius 1 is 0.940 bits per heavy atom. The molecule has 7 rings (SSSR count). The molecule has 1 atom stereocenters. The lowest BCUT2D eigenvalue weighted by Gasteiger charge is -2.46. The van der Waals surface area contributed by atoms with E-state index >= 15 is 0 Å². The van der Waals surface area contributed by atoms with Gasteiger partial charge >= 0.3 is 5.97 Å². The van der Waals surface area contributed by atoms with E-state index in [4.69, 9.17) is 29.2 Å². The number of pyridine rings is 1. The van der Waals surface area contributed by atoms with E-state index in [1.807, 2.05) is 46.9 Å². The van der Waals surface area contributed by atoms with Crippen molar-refractivity contribution in [3.05, 3.63) is 58.5 Å². The number of carboxylic acids is 1.